The minimum absolute atomic E-state index is 0.365. The van der Waals surface area contributed by atoms with E-state index < -0.39 is 11.6 Å². The van der Waals surface area contributed by atoms with E-state index in [-0.39, 0.29) is 5.82 Å². The molecule has 100 valence electrons. The fourth-order valence-corrected chi connectivity index (χ4v) is 2.62. The quantitative estimate of drug-likeness (QED) is 0.924. The van der Waals surface area contributed by atoms with Crippen molar-refractivity contribution in [3.63, 3.8) is 0 Å². The summed E-state index contributed by atoms with van der Waals surface area (Å²) in [4.78, 5) is 1.15. The van der Waals surface area contributed by atoms with Crippen molar-refractivity contribution < 1.29 is 13.2 Å². The summed E-state index contributed by atoms with van der Waals surface area (Å²) >= 11 is 1.18. The highest BCUT2D eigenvalue weighted by Crippen LogP contribution is 2.30. The summed E-state index contributed by atoms with van der Waals surface area (Å²) < 4.78 is 39.3. The van der Waals surface area contributed by atoms with Gasteiger partial charge in [-0.25, -0.2) is 13.2 Å². The molecule has 2 N–H and O–H groups in total. The molecule has 2 aromatic carbocycles. The lowest BCUT2D eigenvalue weighted by atomic mass is 10.1. The molecule has 0 aliphatic heterocycles. The van der Waals surface area contributed by atoms with E-state index in [0.29, 0.717) is 22.8 Å². The van der Waals surface area contributed by atoms with Crippen LogP contribution in [0.15, 0.2) is 46.2 Å². The molecule has 2 aromatic rings. The van der Waals surface area contributed by atoms with Gasteiger partial charge >= 0.3 is 0 Å². The molecule has 0 fully saturated rings. The molecule has 5 heteroatoms. The predicted octanol–water partition coefficient (Wildman–Crippen LogP) is 3.76. The molecule has 0 aromatic heterocycles. The second kappa shape index (κ2) is 6.12. The minimum Gasteiger partial charge on any atom is -0.330 e. The van der Waals surface area contributed by atoms with Gasteiger partial charge in [-0.3, -0.25) is 0 Å². The largest absolute Gasteiger partial charge is 0.330 e. The van der Waals surface area contributed by atoms with E-state index in [2.05, 4.69) is 0 Å². The van der Waals surface area contributed by atoms with Crippen molar-refractivity contribution in [2.24, 2.45) is 5.73 Å². The zero-order valence-corrected chi connectivity index (χ0v) is 10.8. The SMILES string of the molecule is NCCc1cc(F)cc(Sc2ccc(F)c(F)c2)c1. The molecule has 0 saturated heterocycles. The topological polar surface area (TPSA) is 26.0 Å². The van der Waals surface area contributed by atoms with Crippen molar-refractivity contribution in [1.82, 2.24) is 0 Å². The van der Waals surface area contributed by atoms with Crippen LogP contribution in [0.3, 0.4) is 0 Å². The third kappa shape index (κ3) is 3.75. The molecule has 0 saturated carbocycles. The fraction of sp³-hybridized carbons (Fsp3) is 0.143. The molecule has 0 amide bonds. The Hall–Kier alpha value is -1.46. The van der Waals surface area contributed by atoms with Crippen LogP contribution in [0.25, 0.3) is 0 Å². The first-order valence-corrected chi connectivity index (χ1v) is 6.52. The van der Waals surface area contributed by atoms with Gasteiger partial charge in [-0.05, 0) is 54.9 Å². The highest BCUT2D eigenvalue weighted by molar-refractivity contribution is 7.99. The molecule has 2 rings (SSSR count). The van der Waals surface area contributed by atoms with E-state index in [9.17, 15) is 13.2 Å². The smallest absolute Gasteiger partial charge is 0.159 e. The fourth-order valence-electron chi connectivity index (χ4n) is 1.67. The van der Waals surface area contributed by atoms with Gasteiger partial charge in [0.15, 0.2) is 11.6 Å². The van der Waals surface area contributed by atoms with Crippen LogP contribution in [0.2, 0.25) is 0 Å². The van der Waals surface area contributed by atoms with E-state index in [1.165, 1.54) is 30.0 Å². The van der Waals surface area contributed by atoms with Crippen molar-refractivity contribution >= 4 is 11.8 Å². The lowest BCUT2D eigenvalue weighted by Gasteiger charge is -2.06. The van der Waals surface area contributed by atoms with E-state index in [1.807, 2.05) is 0 Å². The van der Waals surface area contributed by atoms with Crippen LogP contribution in [-0.4, -0.2) is 6.54 Å². The molecule has 0 radical (unpaired) electrons. The van der Waals surface area contributed by atoms with Gasteiger partial charge in [0.05, 0.1) is 0 Å². The molecule has 0 atom stereocenters. The van der Waals surface area contributed by atoms with Crippen molar-refractivity contribution in [3.8, 4) is 0 Å². The van der Waals surface area contributed by atoms with Crippen LogP contribution in [-0.2, 0) is 6.42 Å². The second-order valence-corrected chi connectivity index (χ2v) is 5.16. The summed E-state index contributed by atoms with van der Waals surface area (Å²) in [6.07, 6.45) is 0.573. The van der Waals surface area contributed by atoms with Crippen LogP contribution >= 0.6 is 11.8 Å². The van der Waals surface area contributed by atoms with Gasteiger partial charge in [0, 0.05) is 9.79 Å². The maximum absolute atomic E-state index is 13.4. The Balaban J connectivity index is 2.24. The molecule has 0 heterocycles. The average Bonchev–Trinajstić information content (AvgIpc) is 2.33. The molecule has 0 aliphatic carbocycles. The summed E-state index contributed by atoms with van der Waals surface area (Å²) in [5, 5.41) is 0. The Morgan fingerprint density at radius 1 is 0.895 bits per heavy atom. The minimum atomic E-state index is -0.913. The molecular weight excluding hydrogens is 271 g/mol. The molecule has 0 bridgehead atoms. The molecule has 1 nitrogen and oxygen atoms in total. The maximum atomic E-state index is 13.4. The summed E-state index contributed by atoms with van der Waals surface area (Å²) in [5.74, 6) is -2.17. The van der Waals surface area contributed by atoms with Gasteiger partial charge in [0.2, 0.25) is 0 Å². The number of hydrogen-bond acceptors (Lipinski definition) is 2. The van der Waals surface area contributed by atoms with Crippen LogP contribution in [0.4, 0.5) is 13.2 Å². The van der Waals surface area contributed by atoms with Crippen LogP contribution in [0, 0.1) is 17.5 Å². The number of rotatable bonds is 4. The van der Waals surface area contributed by atoms with Crippen molar-refractivity contribution in [1.29, 1.82) is 0 Å². The lowest BCUT2D eigenvalue weighted by Crippen LogP contribution is -2.03. The summed E-state index contributed by atoms with van der Waals surface area (Å²) in [6.45, 7) is 0.429. The first-order valence-electron chi connectivity index (χ1n) is 5.71. The predicted molar refractivity (Wildman–Crippen MR) is 69.6 cm³/mol. The van der Waals surface area contributed by atoms with Gasteiger partial charge in [-0.1, -0.05) is 11.8 Å². The van der Waals surface area contributed by atoms with Crippen LogP contribution in [0.5, 0.6) is 0 Å². The van der Waals surface area contributed by atoms with Gasteiger partial charge in [0.1, 0.15) is 5.82 Å². The van der Waals surface area contributed by atoms with Gasteiger partial charge in [-0.15, -0.1) is 0 Å². The number of halogens is 3. The lowest BCUT2D eigenvalue weighted by molar-refractivity contribution is 0.506. The maximum Gasteiger partial charge on any atom is 0.159 e. The number of nitrogens with two attached hydrogens (primary N) is 1. The molecule has 19 heavy (non-hydrogen) atoms. The second-order valence-electron chi connectivity index (χ2n) is 4.01. The normalized spacial score (nSPS) is 10.7. The third-order valence-corrected chi connectivity index (χ3v) is 3.45. The Labute approximate surface area is 113 Å². The monoisotopic (exact) mass is 283 g/mol. The number of benzene rings is 2. The van der Waals surface area contributed by atoms with Gasteiger partial charge < -0.3 is 5.73 Å². The van der Waals surface area contributed by atoms with Crippen molar-refractivity contribution in [2.45, 2.75) is 16.2 Å². The Morgan fingerprint density at radius 3 is 2.37 bits per heavy atom. The van der Waals surface area contributed by atoms with Crippen molar-refractivity contribution in [2.75, 3.05) is 6.54 Å². The Bertz CT molecular complexity index is 587. The van der Waals surface area contributed by atoms with Crippen molar-refractivity contribution in [3.05, 3.63) is 59.4 Å². The molecule has 0 unspecified atom stereocenters. The van der Waals surface area contributed by atoms with E-state index >= 15 is 0 Å². The Morgan fingerprint density at radius 2 is 1.68 bits per heavy atom. The zero-order chi connectivity index (χ0) is 13.8. The Kier molecular flexibility index (Phi) is 4.50. The van der Waals surface area contributed by atoms with Crippen LogP contribution < -0.4 is 5.73 Å². The third-order valence-electron chi connectivity index (χ3n) is 2.49. The first kappa shape index (κ1) is 14.0. The summed E-state index contributed by atoms with van der Waals surface area (Å²) in [7, 11) is 0. The zero-order valence-electron chi connectivity index (χ0n) is 10.00. The average molecular weight is 283 g/mol. The standard InChI is InChI=1S/C14H12F3NS/c15-10-5-9(3-4-18)6-12(7-10)19-11-1-2-13(16)14(17)8-11/h1-2,5-8H,3-4,18H2. The molecular formula is C14H12F3NS. The van der Waals surface area contributed by atoms with E-state index in [1.54, 1.807) is 6.07 Å². The summed E-state index contributed by atoms with van der Waals surface area (Å²) in [6, 6.07) is 8.16. The summed E-state index contributed by atoms with van der Waals surface area (Å²) in [5.41, 5.74) is 6.21. The highest BCUT2D eigenvalue weighted by atomic mass is 32.2. The van der Waals surface area contributed by atoms with Gasteiger partial charge in [0.25, 0.3) is 0 Å². The van der Waals surface area contributed by atoms with Gasteiger partial charge in [-0.2, -0.15) is 0 Å². The molecule has 0 aliphatic rings. The first-order chi connectivity index (χ1) is 9.08. The van der Waals surface area contributed by atoms with E-state index in [0.717, 1.165) is 17.7 Å². The van der Waals surface area contributed by atoms with E-state index in [4.69, 9.17) is 5.73 Å². The highest BCUT2D eigenvalue weighted by Gasteiger charge is 2.06. The molecule has 0 spiro atoms. The van der Waals surface area contributed by atoms with Crippen LogP contribution in [0.1, 0.15) is 5.56 Å². The number of hydrogen-bond donors (Lipinski definition) is 1.